The molecule has 2 aromatic carbocycles. The molecule has 4 rings (SSSR count). The number of nitrogens with zero attached hydrogens (tertiary/aromatic N) is 2. The number of fused-ring (bicyclic) bond motifs is 1. The van der Waals surface area contributed by atoms with Gasteiger partial charge in [0.05, 0.1) is 4.91 Å². The summed E-state index contributed by atoms with van der Waals surface area (Å²) in [6.45, 7) is 4.11. The molecule has 8 heteroatoms. The lowest BCUT2D eigenvalue weighted by Gasteiger charge is -2.10. The highest BCUT2D eigenvalue weighted by Gasteiger charge is 2.31. The number of benzene rings is 2. The number of aromatic nitrogens is 1. The van der Waals surface area contributed by atoms with Crippen LogP contribution in [0.3, 0.4) is 0 Å². The molecule has 1 aromatic heterocycles. The molecule has 1 aliphatic rings. The van der Waals surface area contributed by atoms with Gasteiger partial charge in [-0.15, -0.1) is 6.58 Å². The van der Waals surface area contributed by atoms with Gasteiger partial charge in [0.25, 0.3) is 5.91 Å². The van der Waals surface area contributed by atoms with Gasteiger partial charge in [0.15, 0.2) is 0 Å². The van der Waals surface area contributed by atoms with Crippen molar-refractivity contribution in [2.75, 3.05) is 11.9 Å². The molecule has 0 radical (unpaired) electrons. The Balaban J connectivity index is 1.61. The zero-order chi connectivity index (χ0) is 22.0. The number of hydrogen-bond acceptors (Lipinski definition) is 4. The minimum absolute atomic E-state index is 0.0726. The first-order valence-electron chi connectivity index (χ1n) is 9.46. The summed E-state index contributed by atoms with van der Waals surface area (Å²) < 4.78 is 15.4. The van der Waals surface area contributed by atoms with E-state index < -0.39 is 0 Å². The SMILES string of the molecule is C=CCN1C(=O)/C(=C\c2cn(CC(=O)Nc3ccc(F)cc3)c3ccccc23)SC1=S. The summed E-state index contributed by atoms with van der Waals surface area (Å²) in [6, 6.07) is 13.3. The van der Waals surface area contributed by atoms with Crippen LogP contribution in [-0.2, 0) is 16.1 Å². The molecule has 0 saturated carbocycles. The number of para-hydroxylation sites is 1. The number of amides is 2. The van der Waals surface area contributed by atoms with Gasteiger partial charge in [0.1, 0.15) is 16.7 Å². The summed E-state index contributed by atoms with van der Waals surface area (Å²) in [5.74, 6) is -0.755. The van der Waals surface area contributed by atoms with E-state index in [0.29, 0.717) is 21.5 Å². The first kappa shape index (κ1) is 21.0. The van der Waals surface area contributed by atoms with E-state index in [2.05, 4.69) is 11.9 Å². The van der Waals surface area contributed by atoms with E-state index in [4.69, 9.17) is 12.2 Å². The Morgan fingerprint density at radius 1 is 1.19 bits per heavy atom. The van der Waals surface area contributed by atoms with E-state index in [0.717, 1.165) is 16.5 Å². The number of thiocarbonyl (C=S) groups is 1. The molecule has 2 amide bonds. The third kappa shape index (κ3) is 4.45. The van der Waals surface area contributed by atoms with Crippen molar-refractivity contribution in [3.63, 3.8) is 0 Å². The van der Waals surface area contributed by atoms with Crippen molar-refractivity contribution in [1.29, 1.82) is 0 Å². The topological polar surface area (TPSA) is 54.3 Å². The smallest absolute Gasteiger partial charge is 0.266 e. The molecule has 1 N–H and O–H groups in total. The Morgan fingerprint density at radius 3 is 2.68 bits per heavy atom. The molecular weight excluding hydrogens is 433 g/mol. The van der Waals surface area contributed by atoms with Gasteiger partial charge in [-0.25, -0.2) is 4.39 Å². The average Bonchev–Trinajstić information content (AvgIpc) is 3.22. The Morgan fingerprint density at radius 2 is 1.94 bits per heavy atom. The summed E-state index contributed by atoms with van der Waals surface area (Å²) in [7, 11) is 0. The fourth-order valence-electron chi connectivity index (χ4n) is 3.34. The summed E-state index contributed by atoms with van der Waals surface area (Å²) in [4.78, 5) is 27.2. The molecule has 0 unspecified atom stereocenters. The number of thioether (sulfide) groups is 1. The molecule has 5 nitrogen and oxygen atoms in total. The fraction of sp³-hybridized carbons (Fsp3) is 0.0870. The molecular formula is C23H18FN3O2S2. The Hall–Kier alpha value is -3.23. The van der Waals surface area contributed by atoms with Crippen LogP contribution in [0.15, 0.2) is 72.3 Å². The largest absolute Gasteiger partial charge is 0.337 e. The van der Waals surface area contributed by atoms with Gasteiger partial charge in [-0.1, -0.05) is 48.3 Å². The van der Waals surface area contributed by atoms with Crippen LogP contribution >= 0.6 is 24.0 Å². The standard InChI is InChI=1S/C23H18FN3O2S2/c1-2-11-27-22(29)20(31-23(27)30)12-15-13-26(19-6-4-3-5-18(15)19)14-21(28)25-17-9-7-16(24)8-10-17/h2-10,12-13H,1,11,14H2,(H,25,28)/b20-12+. The number of anilines is 1. The molecule has 31 heavy (non-hydrogen) atoms. The Labute approximate surface area is 188 Å². The highest BCUT2D eigenvalue weighted by atomic mass is 32.2. The van der Waals surface area contributed by atoms with Crippen LogP contribution in [0.1, 0.15) is 5.56 Å². The fourth-order valence-corrected chi connectivity index (χ4v) is 4.60. The minimum Gasteiger partial charge on any atom is -0.337 e. The third-order valence-electron chi connectivity index (χ3n) is 4.73. The normalized spacial score (nSPS) is 15.1. The van der Waals surface area contributed by atoms with Crippen LogP contribution in [0.25, 0.3) is 17.0 Å². The maximum Gasteiger partial charge on any atom is 0.266 e. The van der Waals surface area contributed by atoms with Gasteiger partial charge in [-0.05, 0) is 36.4 Å². The monoisotopic (exact) mass is 451 g/mol. The van der Waals surface area contributed by atoms with E-state index in [1.807, 2.05) is 35.0 Å². The van der Waals surface area contributed by atoms with Crippen LogP contribution < -0.4 is 5.32 Å². The number of hydrogen-bond donors (Lipinski definition) is 1. The van der Waals surface area contributed by atoms with Crippen molar-refractivity contribution in [3.8, 4) is 0 Å². The maximum atomic E-state index is 13.1. The Kier molecular flexibility index (Phi) is 6.01. The van der Waals surface area contributed by atoms with Gasteiger partial charge in [-0.3, -0.25) is 14.5 Å². The molecule has 1 aliphatic heterocycles. The van der Waals surface area contributed by atoms with E-state index in [1.54, 1.807) is 12.2 Å². The highest BCUT2D eigenvalue weighted by molar-refractivity contribution is 8.26. The second-order valence-electron chi connectivity index (χ2n) is 6.87. The highest BCUT2D eigenvalue weighted by Crippen LogP contribution is 2.34. The van der Waals surface area contributed by atoms with Crippen molar-refractivity contribution in [1.82, 2.24) is 9.47 Å². The van der Waals surface area contributed by atoms with Crippen LogP contribution in [0.5, 0.6) is 0 Å². The van der Waals surface area contributed by atoms with Crippen molar-refractivity contribution < 1.29 is 14.0 Å². The molecule has 0 spiro atoms. The van der Waals surface area contributed by atoms with Gasteiger partial charge in [-0.2, -0.15) is 0 Å². The number of nitrogens with one attached hydrogen (secondary N) is 1. The average molecular weight is 452 g/mol. The number of rotatable bonds is 6. The van der Waals surface area contributed by atoms with Crippen LogP contribution in [0, 0.1) is 5.82 Å². The van der Waals surface area contributed by atoms with Crippen molar-refractivity contribution in [2.45, 2.75) is 6.54 Å². The maximum absolute atomic E-state index is 13.1. The summed E-state index contributed by atoms with van der Waals surface area (Å²) in [6.07, 6.45) is 5.29. The van der Waals surface area contributed by atoms with Crippen LogP contribution in [0.4, 0.5) is 10.1 Å². The molecule has 0 bridgehead atoms. The number of carbonyl (C=O) groups is 2. The predicted molar refractivity (Wildman–Crippen MR) is 127 cm³/mol. The van der Waals surface area contributed by atoms with Gasteiger partial charge >= 0.3 is 0 Å². The molecule has 1 saturated heterocycles. The minimum atomic E-state index is -0.363. The lowest BCUT2D eigenvalue weighted by atomic mass is 10.1. The second kappa shape index (κ2) is 8.87. The zero-order valence-corrected chi connectivity index (χ0v) is 18.0. The van der Waals surface area contributed by atoms with Crippen LogP contribution in [0.2, 0.25) is 0 Å². The summed E-state index contributed by atoms with van der Waals surface area (Å²) in [5.41, 5.74) is 2.21. The van der Waals surface area contributed by atoms with Gasteiger partial charge < -0.3 is 9.88 Å². The van der Waals surface area contributed by atoms with Crippen molar-refractivity contribution in [3.05, 3.63) is 83.7 Å². The molecule has 0 aliphatic carbocycles. The van der Waals surface area contributed by atoms with E-state index in [1.165, 1.54) is 40.9 Å². The van der Waals surface area contributed by atoms with Crippen LogP contribution in [-0.4, -0.2) is 32.1 Å². The molecule has 1 fully saturated rings. The second-order valence-corrected chi connectivity index (χ2v) is 8.54. The molecule has 0 atom stereocenters. The summed E-state index contributed by atoms with van der Waals surface area (Å²) >= 11 is 6.56. The predicted octanol–water partition coefficient (Wildman–Crippen LogP) is 4.81. The zero-order valence-electron chi connectivity index (χ0n) is 16.4. The first-order valence-corrected chi connectivity index (χ1v) is 10.7. The van der Waals surface area contributed by atoms with E-state index >= 15 is 0 Å². The number of carbonyl (C=O) groups excluding carboxylic acids is 2. The Bertz CT molecular complexity index is 1230. The molecule has 3 aromatic rings. The lowest BCUT2D eigenvalue weighted by molar-refractivity contribution is -0.121. The summed E-state index contributed by atoms with van der Waals surface area (Å²) in [5, 5.41) is 3.69. The molecule has 156 valence electrons. The van der Waals surface area contributed by atoms with Gasteiger partial charge in [0.2, 0.25) is 5.91 Å². The van der Waals surface area contributed by atoms with E-state index in [9.17, 15) is 14.0 Å². The van der Waals surface area contributed by atoms with Crippen molar-refractivity contribution in [2.24, 2.45) is 0 Å². The first-order chi connectivity index (χ1) is 15.0. The number of halogens is 1. The van der Waals surface area contributed by atoms with Crippen molar-refractivity contribution >= 4 is 62.8 Å². The van der Waals surface area contributed by atoms with E-state index in [-0.39, 0.29) is 24.2 Å². The third-order valence-corrected chi connectivity index (χ3v) is 6.11. The quantitative estimate of drug-likeness (QED) is 0.332. The lowest BCUT2D eigenvalue weighted by Crippen LogP contribution is -2.27. The molecule has 2 heterocycles. The van der Waals surface area contributed by atoms with Gasteiger partial charge in [0, 0.05) is 34.9 Å².